The van der Waals surface area contributed by atoms with Crippen LogP contribution in [-0.4, -0.2) is 22.6 Å². The molecule has 1 aliphatic rings. The Morgan fingerprint density at radius 2 is 2.04 bits per heavy atom. The molecule has 25 heavy (non-hydrogen) atoms. The van der Waals surface area contributed by atoms with Crippen LogP contribution in [-0.2, 0) is 4.79 Å². The highest BCUT2D eigenvalue weighted by Gasteiger charge is 2.34. The van der Waals surface area contributed by atoms with Gasteiger partial charge in [0.1, 0.15) is 5.82 Å². The van der Waals surface area contributed by atoms with Crippen molar-refractivity contribution in [2.45, 2.75) is 12.3 Å². The minimum absolute atomic E-state index is 0.0375. The minimum Gasteiger partial charge on any atom is -0.334 e. The molecule has 3 aromatic rings. The molecule has 5 nitrogen and oxygen atoms in total. The highest BCUT2D eigenvalue weighted by atomic mass is 35.5. The molecule has 1 aromatic heterocycles. The van der Waals surface area contributed by atoms with Gasteiger partial charge in [-0.1, -0.05) is 35.0 Å². The molecule has 0 bridgehead atoms. The van der Waals surface area contributed by atoms with Crippen molar-refractivity contribution in [2.75, 3.05) is 11.4 Å². The molecule has 0 N–H and O–H groups in total. The molecule has 2 heterocycles. The van der Waals surface area contributed by atoms with Crippen molar-refractivity contribution in [3.63, 3.8) is 0 Å². The lowest BCUT2D eigenvalue weighted by atomic mass is 10.1. The Labute approximate surface area is 148 Å². The fourth-order valence-electron chi connectivity index (χ4n) is 2.92. The van der Waals surface area contributed by atoms with E-state index in [1.165, 1.54) is 6.07 Å². The van der Waals surface area contributed by atoms with Crippen LogP contribution in [0.25, 0.3) is 11.5 Å². The van der Waals surface area contributed by atoms with Gasteiger partial charge in [-0.15, -0.1) is 0 Å². The molecule has 1 saturated heterocycles. The van der Waals surface area contributed by atoms with Crippen LogP contribution in [0.5, 0.6) is 0 Å². The van der Waals surface area contributed by atoms with Crippen molar-refractivity contribution in [2.24, 2.45) is 0 Å². The average Bonchev–Trinajstić information content (AvgIpc) is 3.22. The fourth-order valence-corrected chi connectivity index (χ4v) is 3.10. The maximum absolute atomic E-state index is 13.8. The zero-order chi connectivity index (χ0) is 17.4. The number of rotatable bonds is 3. The number of aromatic nitrogens is 2. The molecule has 2 aromatic carbocycles. The molecular formula is C18H13ClFN3O2. The number of benzene rings is 2. The number of carbonyl (C=O) groups excluding carboxylic acids is 1. The van der Waals surface area contributed by atoms with E-state index in [-0.39, 0.29) is 29.7 Å². The summed E-state index contributed by atoms with van der Waals surface area (Å²) >= 11 is 6.00. The summed E-state index contributed by atoms with van der Waals surface area (Å²) in [4.78, 5) is 18.3. The summed E-state index contributed by atoms with van der Waals surface area (Å²) in [6.45, 7) is 0.426. The number of carbonyl (C=O) groups is 1. The Bertz CT molecular complexity index is 943. The number of hydrogen-bond donors (Lipinski definition) is 0. The molecule has 7 heteroatoms. The Morgan fingerprint density at radius 1 is 1.20 bits per heavy atom. The second-order valence-corrected chi connectivity index (χ2v) is 6.26. The van der Waals surface area contributed by atoms with E-state index < -0.39 is 5.82 Å². The van der Waals surface area contributed by atoms with E-state index >= 15 is 0 Å². The van der Waals surface area contributed by atoms with E-state index in [1.54, 1.807) is 41.3 Å². The molecule has 4 rings (SSSR count). The number of amides is 1. The maximum Gasteiger partial charge on any atom is 0.260 e. The number of nitrogens with zero attached hydrogens (tertiary/aromatic N) is 3. The van der Waals surface area contributed by atoms with Gasteiger partial charge in [-0.05, 0) is 30.3 Å². The molecule has 0 spiro atoms. The van der Waals surface area contributed by atoms with E-state index in [4.69, 9.17) is 16.1 Å². The van der Waals surface area contributed by atoms with Crippen LogP contribution in [0, 0.1) is 5.82 Å². The van der Waals surface area contributed by atoms with Crippen molar-refractivity contribution in [1.82, 2.24) is 10.1 Å². The van der Waals surface area contributed by atoms with Crippen molar-refractivity contribution in [3.8, 4) is 11.5 Å². The van der Waals surface area contributed by atoms with Crippen molar-refractivity contribution < 1.29 is 13.7 Å². The zero-order valence-electron chi connectivity index (χ0n) is 13.0. The van der Waals surface area contributed by atoms with Crippen LogP contribution in [0.3, 0.4) is 0 Å². The average molecular weight is 358 g/mol. The first-order chi connectivity index (χ1) is 12.1. The van der Waals surface area contributed by atoms with Gasteiger partial charge < -0.3 is 9.42 Å². The molecule has 1 amide bonds. The first-order valence-corrected chi connectivity index (χ1v) is 8.14. The third kappa shape index (κ3) is 3.00. The Kier molecular flexibility index (Phi) is 3.97. The summed E-state index contributed by atoms with van der Waals surface area (Å²) in [6, 6.07) is 13.3. The number of anilines is 1. The molecule has 0 radical (unpaired) electrons. The summed E-state index contributed by atoms with van der Waals surface area (Å²) in [5, 5.41) is 4.50. The number of hydrogen-bond acceptors (Lipinski definition) is 4. The fraction of sp³-hybridized carbons (Fsp3) is 0.167. The third-order valence-corrected chi connectivity index (χ3v) is 4.39. The largest absolute Gasteiger partial charge is 0.334 e. The van der Waals surface area contributed by atoms with Gasteiger partial charge in [0.25, 0.3) is 5.89 Å². The van der Waals surface area contributed by atoms with Crippen molar-refractivity contribution >= 4 is 23.2 Å². The number of halogens is 2. The van der Waals surface area contributed by atoms with Gasteiger partial charge in [0.05, 0.1) is 5.56 Å². The molecular weight excluding hydrogens is 345 g/mol. The smallest absolute Gasteiger partial charge is 0.260 e. The van der Waals surface area contributed by atoms with Gasteiger partial charge in [0.2, 0.25) is 5.91 Å². The predicted molar refractivity (Wildman–Crippen MR) is 90.9 cm³/mol. The quantitative estimate of drug-likeness (QED) is 0.709. The lowest BCUT2D eigenvalue weighted by Crippen LogP contribution is -2.24. The van der Waals surface area contributed by atoms with Gasteiger partial charge in [0, 0.05) is 29.6 Å². The van der Waals surface area contributed by atoms with Crippen LogP contribution in [0.4, 0.5) is 10.1 Å². The van der Waals surface area contributed by atoms with Crippen LogP contribution >= 0.6 is 11.6 Å². The van der Waals surface area contributed by atoms with Gasteiger partial charge in [-0.2, -0.15) is 4.98 Å². The van der Waals surface area contributed by atoms with E-state index in [0.29, 0.717) is 17.4 Å². The monoisotopic (exact) mass is 357 g/mol. The van der Waals surface area contributed by atoms with Crippen molar-refractivity contribution in [1.29, 1.82) is 0 Å². The normalized spacial score (nSPS) is 17.3. The lowest BCUT2D eigenvalue weighted by molar-refractivity contribution is -0.117. The second kappa shape index (κ2) is 6.29. The predicted octanol–water partition coefficient (Wildman–Crippen LogP) is 4.05. The van der Waals surface area contributed by atoms with E-state index in [1.807, 2.05) is 6.07 Å². The topological polar surface area (TPSA) is 59.2 Å². The summed E-state index contributed by atoms with van der Waals surface area (Å²) in [5.74, 6) is -0.168. The minimum atomic E-state index is -0.430. The highest BCUT2D eigenvalue weighted by Crippen LogP contribution is 2.32. The lowest BCUT2D eigenvalue weighted by Gasteiger charge is -2.16. The van der Waals surface area contributed by atoms with Crippen LogP contribution in [0.2, 0.25) is 5.02 Å². The molecule has 126 valence electrons. The standard InChI is InChI=1S/C18H13ClFN3O2/c19-12-4-3-5-13(9-12)23-10-11(8-16(23)24)17-21-18(25-22-17)14-6-1-2-7-15(14)20/h1-7,9,11H,8,10H2. The third-order valence-electron chi connectivity index (χ3n) is 4.16. The Morgan fingerprint density at radius 3 is 2.84 bits per heavy atom. The molecule has 1 aliphatic heterocycles. The molecule has 1 fully saturated rings. The summed E-state index contributed by atoms with van der Waals surface area (Å²) in [6.07, 6.45) is 0.267. The summed E-state index contributed by atoms with van der Waals surface area (Å²) < 4.78 is 19.0. The molecule has 0 saturated carbocycles. The first-order valence-electron chi connectivity index (χ1n) is 7.76. The maximum atomic E-state index is 13.8. The van der Waals surface area contributed by atoms with E-state index in [0.717, 1.165) is 5.69 Å². The van der Waals surface area contributed by atoms with Crippen LogP contribution in [0.1, 0.15) is 18.2 Å². The summed E-state index contributed by atoms with van der Waals surface area (Å²) in [5.41, 5.74) is 0.982. The second-order valence-electron chi connectivity index (χ2n) is 5.82. The zero-order valence-corrected chi connectivity index (χ0v) is 13.8. The highest BCUT2D eigenvalue weighted by molar-refractivity contribution is 6.30. The Balaban J connectivity index is 1.58. The SMILES string of the molecule is O=C1CC(c2noc(-c3ccccc3F)n2)CN1c1cccc(Cl)c1. The Hall–Kier alpha value is -2.73. The molecule has 1 unspecified atom stereocenters. The van der Waals surface area contributed by atoms with E-state index in [2.05, 4.69) is 10.1 Å². The van der Waals surface area contributed by atoms with Gasteiger partial charge >= 0.3 is 0 Å². The first kappa shape index (κ1) is 15.8. The van der Waals surface area contributed by atoms with Gasteiger partial charge in [-0.25, -0.2) is 4.39 Å². The van der Waals surface area contributed by atoms with E-state index in [9.17, 15) is 9.18 Å². The van der Waals surface area contributed by atoms with Crippen LogP contribution < -0.4 is 4.90 Å². The van der Waals surface area contributed by atoms with Crippen molar-refractivity contribution in [3.05, 3.63) is 65.2 Å². The van der Waals surface area contributed by atoms with Crippen LogP contribution in [0.15, 0.2) is 53.1 Å². The summed E-state index contributed by atoms with van der Waals surface area (Å²) in [7, 11) is 0. The van der Waals surface area contributed by atoms with Gasteiger partial charge in [-0.3, -0.25) is 4.79 Å². The molecule has 0 aliphatic carbocycles. The molecule has 1 atom stereocenters. The van der Waals surface area contributed by atoms with Gasteiger partial charge in [0.15, 0.2) is 5.82 Å².